The predicted octanol–water partition coefficient (Wildman–Crippen LogP) is 3.95. The molecule has 5 nitrogen and oxygen atoms in total. The summed E-state index contributed by atoms with van der Waals surface area (Å²) >= 11 is 6.18. The third kappa shape index (κ3) is 7.52. The van der Waals surface area contributed by atoms with Crippen molar-refractivity contribution in [3.8, 4) is 0 Å². The van der Waals surface area contributed by atoms with Crippen molar-refractivity contribution in [1.82, 2.24) is 15.1 Å². The average molecular weight is 436 g/mol. The van der Waals surface area contributed by atoms with Crippen molar-refractivity contribution in [1.29, 1.82) is 0 Å². The van der Waals surface area contributed by atoms with Crippen LogP contribution >= 0.6 is 11.6 Å². The lowest BCUT2D eigenvalue weighted by molar-refractivity contribution is -0.121. The highest BCUT2D eigenvalue weighted by atomic mass is 35.5. The van der Waals surface area contributed by atoms with Gasteiger partial charge in [0.15, 0.2) is 0 Å². The number of nitrogens with zero attached hydrogens (tertiary/aromatic N) is 2. The summed E-state index contributed by atoms with van der Waals surface area (Å²) in [7, 11) is 0. The molecule has 0 aliphatic carbocycles. The second-order valence-corrected chi connectivity index (χ2v) is 9.10. The minimum atomic E-state index is 0.179. The summed E-state index contributed by atoms with van der Waals surface area (Å²) < 4.78 is 5.34. The fourth-order valence-electron chi connectivity index (χ4n) is 4.92. The summed E-state index contributed by atoms with van der Waals surface area (Å²) in [5, 5.41) is 3.86. The number of carbonyl (C=O) groups is 1. The van der Waals surface area contributed by atoms with E-state index in [0.29, 0.717) is 24.9 Å². The van der Waals surface area contributed by atoms with Gasteiger partial charge in [0, 0.05) is 50.3 Å². The van der Waals surface area contributed by atoms with Crippen LogP contribution in [-0.2, 0) is 16.1 Å². The van der Waals surface area contributed by atoms with E-state index in [1.165, 1.54) is 37.9 Å². The molecule has 2 aliphatic rings. The molecule has 168 valence electrons. The molecule has 1 N–H and O–H groups in total. The molecule has 0 radical (unpaired) electrons. The molecule has 2 fully saturated rings. The molecule has 2 aliphatic heterocycles. The van der Waals surface area contributed by atoms with Crippen LogP contribution in [0.2, 0.25) is 5.02 Å². The van der Waals surface area contributed by atoms with Gasteiger partial charge < -0.3 is 15.0 Å². The fraction of sp³-hybridized carbons (Fsp3) is 0.708. The van der Waals surface area contributed by atoms with E-state index in [0.717, 1.165) is 50.7 Å². The van der Waals surface area contributed by atoms with E-state index in [1.54, 1.807) is 0 Å². The van der Waals surface area contributed by atoms with Gasteiger partial charge in [-0.2, -0.15) is 0 Å². The summed E-state index contributed by atoms with van der Waals surface area (Å²) in [6.45, 7) is 9.72. The number of rotatable bonds is 11. The highest BCUT2D eigenvalue weighted by Crippen LogP contribution is 2.29. The lowest BCUT2D eigenvalue weighted by Crippen LogP contribution is -2.50. The zero-order valence-corrected chi connectivity index (χ0v) is 19.2. The van der Waals surface area contributed by atoms with Gasteiger partial charge in [-0.1, -0.05) is 23.7 Å². The van der Waals surface area contributed by atoms with Gasteiger partial charge >= 0.3 is 0 Å². The topological polar surface area (TPSA) is 44.8 Å². The van der Waals surface area contributed by atoms with Gasteiger partial charge in [0.05, 0.1) is 0 Å². The third-order valence-corrected chi connectivity index (χ3v) is 6.65. The highest BCUT2D eigenvalue weighted by Gasteiger charge is 2.34. The molecule has 0 bridgehead atoms. The van der Waals surface area contributed by atoms with Crippen LogP contribution in [0.3, 0.4) is 0 Å². The second kappa shape index (κ2) is 12.7. The molecule has 6 heteroatoms. The van der Waals surface area contributed by atoms with Crippen LogP contribution in [0.4, 0.5) is 0 Å². The van der Waals surface area contributed by atoms with Gasteiger partial charge in [-0.25, -0.2) is 0 Å². The molecule has 2 heterocycles. The first-order valence-corrected chi connectivity index (χ1v) is 12.1. The van der Waals surface area contributed by atoms with Crippen molar-refractivity contribution in [2.45, 2.75) is 58.0 Å². The Labute approximate surface area is 187 Å². The Hall–Kier alpha value is -1.14. The van der Waals surface area contributed by atoms with Crippen LogP contribution in [0.1, 0.15) is 51.0 Å². The molecule has 0 unspecified atom stereocenters. The lowest BCUT2D eigenvalue weighted by atomic mass is 9.86. The van der Waals surface area contributed by atoms with Gasteiger partial charge in [0.1, 0.15) is 0 Å². The molecule has 0 aromatic heterocycles. The Morgan fingerprint density at radius 3 is 2.87 bits per heavy atom. The minimum absolute atomic E-state index is 0.179. The maximum absolute atomic E-state index is 12.4. The van der Waals surface area contributed by atoms with Crippen LogP contribution in [-0.4, -0.2) is 67.7 Å². The van der Waals surface area contributed by atoms with Crippen molar-refractivity contribution in [3.05, 3.63) is 34.9 Å². The van der Waals surface area contributed by atoms with Crippen molar-refractivity contribution in [3.63, 3.8) is 0 Å². The number of carbonyl (C=O) groups excluding carboxylic acids is 1. The number of halogens is 1. The van der Waals surface area contributed by atoms with E-state index in [1.807, 2.05) is 19.1 Å². The zero-order chi connectivity index (χ0) is 21.2. The molecular weight excluding hydrogens is 398 g/mol. The first kappa shape index (κ1) is 23.5. The summed E-state index contributed by atoms with van der Waals surface area (Å²) in [6.07, 6.45) is 6.29. The minimum Gasteiger partial charge on any atom is -0.382 e. The van der Waals surface area contributed by atoms with Crippen LogP contribution in [0.25, 0.3) is 0 Å². The van der Waals surface area contributed by atoms with Crippen LogP contribution in [0.15, 0.2) is 24.3 Å². The van der Waals surface area contributed by atoms with Crippen LogP contribution < -0.4 is 5.32 Å². The van der Waals surface area contributed by atoms with E-state index in [2.05, 4.69) is 27.2 Å². The maximum Gasteiger partial charge on any atom is 0.220 e. The molecule has 1 amide bonds. The Bertz CT molecular complexity index is 651. The fourth-order valence-corrected chi connectivity index (χ4v) is 5.13. The largest absolute Gasteiger partial charge is 0.382 e. The Kier molecular flexibility index (Phi) is 9.92. The normalized spacial score (nSPS) is 23.0. The van der Waals surface area contributed by atoms with Gasteiger partial charge in [0.2, 0.25) is 5.91 Å². The van der Waals surface area contributed by atoms with Gasteiger partial charge in [-0.05, 0) is 82.3 Å². The molecule has 30 heavy (non-hydrogen) atoms. The highest BCUT2D eigenvalue weighted by molar-refractivity contribution is 6.30. The predicted molar refractivity (Wildman–Crippen MR) is 123 cm³/mol. The molecule has 1 aromatic rings. The number of hydrogen-bond donors (Lipinski definition) is 1. The van der Waals surface area contributed by atoms with Crippen molar-refractivity contribution < 1.29 is 9.53 Å². The molecule has 0 spiro atoms. The smallest absolute Gasteiger partial charge is 0.220 e. The standard InChI is InChI=1S/C24H38ClN3O2/c1-2-30-16-6-12-26-24(29)10-9-21-19-27(18-20-7-5-8-22(25)17-20)15-11-23(21)28-13-3-4-14-28/h5,7-8,17,21,23H,2-4,6,9-16,18-19H2,1H3,(H,26,29)/t21-,23+/m0/s1. The third-order valence-electron chi connectivity index (χ3n) is 6.42. The second-order valence-electron chi connectivity index (χ2n) is 8.66. The molecule has 0 saturated carbocycles. The number of benzene rings is 1. The molecule has 1 aromatic carbocycles. The SMILES string of the molecule is CCOCCCNC(=O)CC[C@H]1CN(Cc2cccc(Cl)c2)CC[C@H]1N1CCCC1. The van der Waals surface area contributed by atoms with Crippen molar-refractivity contribution >= 4 is 17.5 Å². The first-order chi connectivity index (χ1) is 14.7. The number of ether oxygens (including phenoxy) is 1. The summed E-state index contributed by atoms with van der Waals surface area (Å²) in [6, 6.07) is 8.80. The summed E-state index contributed by atoms with van der Waals surface area (Å²) in [5.41, 5.74) is 1.27. The number of piperidine rings is 1. The van der Waals surface area contributed by atoms with Gasteiger partial charge in [0.25, 0.3) is 0 Å². The molecule has 2 atom stereocenters. The summed E-state index contributed by atoms with van der Waals surface area (Å²) in [4.78, 5) is 17.6. The Morgan fingerprint density at radius 1 is 1.27 bits per heavy atom. The Balaban J connectivity index is 1.50. The van der Waals surface area contributed by atoms with E-state index < -0.39 is 0 Å². The van der Waals surface area contributed by atoms with E-state index in [-0.39, 0.29) is 5.91 Å². The van der Waals surface area contributed by atoms with Crippen LogP contribution in [0.5, 0.6) is 0 Å². The average Bonchev–Trinajstić information content (AvgIpc) is 3.27. The van der Waals surface area contributed by atoms with E-state index >= 15 is 0 Å². The lowest BCUT2D eigenvalue weighted by Gasteiger charge is -2.43. The maximum atomic E-state index is 12.4. The zero-order valence-electron chi connectivity index (χ0n) is 18.5. The first-order valence-electron chi connectivity index (χ1n) is 11.7. The van der Waals surface area contributed by atoms with Crippen molar-refractivity contribution in [2.24, 2.45) is 5.92 Å². The van der Waals surface area contributed by atoms with Crippen LogP contribution in [0, 0.1) is 5.92 Å². The monoisotopic (exact) mass is 435 g/mol. The number of likely N-dealkylation sites (tertiary alicyclic amines) is 2. The summed E-state index contributed by atoms with van der Waals surface area (Å²) in [5.74, 6) is 0.726. The van der Waals surface area contributed by atoms with Crippen molar-refractivity contribution in [2.75, 3.05) is 45.9 Å². The number of hydrogen-bond acceptors (Lipinski definition) is 4. The van der Waals surface area contributed by atoms with E-state index in [4.69, 9.17) is 16.3 Å². The molecule has 2 saturated heterocycles. The molecule has 3 rings (SSSR count). The van der Waals surface area contributed by atoms with E-state index in [9.17, 15) is 4.79 Å². The molecular formula is C24H38ClN3O2. The van der Waals surface area contributed by atoms with Gasteiger partial charge in [-0.3, -0.25) is 9.69 Å². The quantitative estimate of drug-likeness (QED) is 0.534. The Morgan fingerprint density at radius 2 is 2.10 bits per heavy atom. The van der Waals surface area contributed by atoms with Gasteiger partial charge in [-0.15, -0.1) is 0 Å². The number of amides is 1. The number of nitrogens with one attached hydrogen (secondary N) is 1.